The number of nitrogens with one attached hydrogen (secondary N) is 1. The van der Waals surface area contributed by atoms with E-state index in [4.69, 9.17) is 4.74 Å². The highest BCUT2D eigenvalue weighted by Gasteiger charge is 2.06. The standard InChI is InChI=1S/C12H12N2O4/c1-2-18-9-5-3-8(4-6-9)14-11(16)7-10(15)13-12(14)17/h3-7,16H,2H2,1H3,(H,13,15,17). The molecule has 2 N–H and O–H groups in total. The molecule has 6 heteroatoms. The lowest BCUT2D eigenvalue weighted by Gasteiger charge is -2.08. The summed E-state index contributed by atoms with van der Waals surface area (Å²) in [4.78, 5) is 24.7. The first-order valence-corrected chi connectivity index (χ1v) is 5.40. The van der Waals surface area contributed by atoms with Crippen LogP contribution in [0.5, 0.6) is 11.6 Å². The topological polar surface area (TPSA) is 84.3 Å². The predicted octanol–water partition coefficient (Wildman–Crippen LogP) is 0.630. The highest BCUT2D eigenvalue weighted by Crippen LogP contribution is 2.16. The summed E-state index contributed by atoms with van der Waals surface area (Å²) in [5.74, 6) is 0.256. The quantitative estimate of drug-likeness (QED) is 0.834. The van der Waals surface area contributed by atoms with E-state index in [0.717, 1.165) is 10.6 Å². The molecule has 1 heterocycles. The van der Waals surface area contributed by atoms with E-state index < -0.39 is 17.1 Å². The first-order chi connectivity index (χ1) is 8.61. The van der Waals surface area contributed by atoms with Crippen LogP contribution < -0.4 is 16.0 Å². The van der Waals surface area contributed by atoms with E-state index >= 15 is 0 Å². The maximum atomic E-state index is 11.6. The number of hydrogen-bond donors (Lipinski definition) is 2. The van der Waals surface area contributed by atoms with Crippen LogP contribution in [-0.4, -0.2) is 21.3 Å². The van der Waals surface area contributed by atoms with Gasteiger partial charge in [0.25, 0.3) is 5.56 Å². The number of ether oxygens (including phenoxy) is 1. The van der Waals surface area contributed by atoms with Crippen LogP contribution in [0, 0.1) is 0 Å². The average Bonchev–Trinajstić information content (AvgIpc) is 2.30. The fourth-order valence-corrected chi connectivity index (χ4v) is 1.59. The van der Waals surface area contributed by atoms with Crippen molar-refractivity contribution in [2.75, 3.05) is 6.61 Å². The van der Waals surface area contributed by atoms with Gasteiger partial charge in [0.15, 0.2) is 0 Å². The van der Waals surface area contributed by atoms with Gasteiger partial charge < -0.3 is 9.84 Å². The van der Waals surface area contributed by atoms with Crippen molar-refractivity contribution in [1.82, 2.24) is 9.55 Å². The highest BCUT2D eigenvalue weighted by atomic mass is 16.5. The fourth-order valence-electron chi connectivity index (χ4n) is 1.59. The predicted molar refractivity (Wildman–Crippen MR) is 65.5 cm³/mol. The molecule has 0 fully saturated rings. The minimum Gasteiger partial charge on any atom is -0.494 e. The van der Waals surface area contributed by atoms with Crippen molar-refractivity contribution in [2.24, 2.45) is 0 Å². The van der Waals surface area contributed by atoms with Gasteiger partial charge in [-0.15, -0.1) is 0 Å². The van der Waals surface area contributed by atoms with Crippen molar-refractivity contribution in [2.45, 2.75) is 6.92 Å². The third-order valence-corrected chi connectivity index (χ3v) is 2.33. The number of benzene rings is 1. The second-order valence-electron chi connectivity index (χ2n) is 3.56. The van der Waals surface area contributed by atoms with Gasteiger partial charge in [0.1, 0.15) is 5.75 Å². The van der Waals surface area contributed by atoms with E-state index in [1.807, 2.05) is 6.92 Å². The summed E-state index contributed by atoms with van der Waals surface area (Å²) in [5.41, 5.74) is -0.888. The third-order valence-electron chi connectivity index (χ3n) is 2.33. The smallest absolute Gasteiger partial charge is 0.335 e. The Morgan fingerprint density at radius 3 is 2.50 bits per heavy atom. The van der Waals surface area contributed by atoms with Crippen molar-refractivity contribution in [3.05, 3.63) is 51.2 Å². The zero-order chi connectivity index (χ0) is 13.1. The van der Waals surface area contributed by atoms with Crippen molar-refractivity contribution in [3.63, 3.8) is 0 Å². The Bertz CT molecular complexity index is 655. The number of H-pyrrole nitrogens is 1. The highest BCUT2D eigenvalue weighted by molar-refractivity contribution is 5.39. The van der Waals surface area contributed by atoms with Gasteiger partial charge in [-0.05, 0) is 31.2 Å². The van der Waals surface area contributed by atoms with Gasteiger partial charge in [0.05, 0.1) is 18.4 Å². The monoisotopic (exact) mass is 248 g/mol. The lowest BCUT2D eigenvalue weighted by atomic mass is 10.3. The van der Waals surface area contributed by atoms with Crippen molar-refractivity contribution in [3.8, 4) is 17.3 Å². The van der Waals surface area contributed by atoms with Gasteiger partial charge in [0.2, 0.25) is 5.88 Å². The van der Waals surface area contributed by atoms with Gasteiger partial charge in [-0.25, -0.2) is 9.36 Å². The van der Waals surface area contributed by atoms with Crippen molar-refractivity contribution < 1.29 is 9.84 Å². The van der Waals surface area contributed by atoms with Crippen LogP contribution in [0.4, 0.5) is 0 Å². The summed E-state index contributed by atoms with van der Waals surface area (Å²) >= 11 is 0. The van der Waals surface area contributed by atoms with Gasteiger partial charge in [-0.3, -0.25) is 9.78 Å². The molecule has 18 heavy (non-hydrogen) atoms. The summed E-state index contributed by atoms with van der Waals surface area (Å²) in [6.45, 7) is 2.41. The molecule has 2 aromatic rings. The molecular formula is C12H12N2O4. The normalized spacial score (nSPS) is 10.3. The molecule has 0 spiro atoms. The molecule has 6 nitrogen and oxygen atoms in total. The van der Waals surface area contributed by atoms with Crippen LogP contribution in [0.1, 0.15) is 6.92 Å². The molecule has 1 aromatic carbocycles. The van der Waals surface area contributed by atoms with Crippen LogP contribution in [0.2, 0.25) is 0 Å². The molecule has 0 aliphatic rings. The molecule has 94 valence electrons. The number of aromatic hydroxyl groups is 1. The minimum atomic E-state index is -0.691. The second kappa shape index (κ2) is 4.79. The van der Waals surface area contributed by atoms with Crippen LogP contribution >= 0.6 is 0 Å². The van der Waals surface area contributed by atoms with E-state index in [9.17, 15) is 14.7 Å². The number of rotatable bonds is 3. The van der Waals surface area contributed by atoms with E-state index in [1.165, 1.54) is 0 Å². The fraction of sp³-hybridized carbons (Fsp3) is 0.167. The maximum Gasteiger partial charge on any atom is 0.335 e. The van der Waals surface area contributed by atoms with Crippen LogP contribution in [0.25, 0.3) is 5.69 Å². The number of aromatic amines is 1. The Kier molecular flexibility index (Phi) is 3.18. The van der Waals surface area contributed by atoms with Crippen LogP contribution in [0.3, 0.4) is 0 Å². The second-order valence-corrected chi connectivity index (χ2v) is 3.56. The SMILES string of the molecule is CCOc1ccc(-n2c(O)cc(=O)[nH]c2=O)cc1. The summed E-state index contributed by atoms with van der Waals surface area (Å²) in [6.07, 6.45) is 0. The maximum absolute atomic E-state index is 11.6. The Hall–Kier alpha value is -2.50. The molecule has 0 unspecified atom stereocenters. The van der Waals surface area contributed by atoms with E-state index in [-0.39, 0.29) is 0 Å². The van der Waals surface area contributed by atoms with Crippen LogP contribution in [-0.2, 0) is 0 Å². The largest absolute Gasteiger partial charge is 0.494 e. The number of nitrogens with zero attached hydrogens (tertiary/aromatic N) is 1. The zero-order valence-corrected chi connectivity index (χ0v) is 9.71. The first-order valence-electron chi connectivity index (χ1n) is 5.40. The first kappa shape index (κ1) is 12.0. The lowest BCUT2D eigenvalue weighted by molar-refractivity contribution is 0.340. The molecule has 0 bridgehead atoms. The Labute approximate surface area is 102 Å². The Morgan fingerprint density at radius 2 is 1.94 bits per heavy atom. The van der Waals surface area contributed by atoms with Crippen molar-refractivity contribution >= 4 is 0 Å². The van der Waals surface area contributed by atoms with E-state index in [0.29, 0.717) is 18.0 Å². The van der Waals surface area contributed by atoms with Gasteiger partial charge >= 0.3 is 5.69 Å². The summed E-state index contributed by atoms with van der Waals surface area (Å²) in [6, 6.07) is 7.53. The molecule has 0 saturated heterocycles. The minimum absolute atomic E-state index is 0.409. The van der Waals surface area contributed by atoms with Crippen molar-refractivity contribution in [1.29, 1.82) is 0 Å². The molecule has 1 aromatic heterocycles. The molecule has 0 atom stereocenters. The van der Waals surface area contributed by atoms with E-state index in [2.05, 4.69) is 4.98 Å². The van der Waals surface area contributed by atoms with Gasteiger partial charge in [0, 0.05) is 0 Å². The van der Waals surface area contributed by atoms with Gasteiger partial charge in [-0.2, -0.15) is 0 Å². The summed E-state index contributed by atoms with van der Waals surface area (Å²) < 4.78 is 6.27. The molecule has 2 rings (SSSR count). The molecule has 0 aliphatic carbocycles. The number of hydrogen-bond acceptors (Lipinski definition) is 4. The lowest BCUT2D eigenvalue weighted by Crippen LogP contribution is -2.27. The Morgan fingerprint density at radius 1 is 1.28 bits per heavy atom. The molecule has 0 radical (unpaired) electrons. The van der Waals surface area contributed by atoms with Gasteiger partial charge in [-0.1, -0.05) is 0 Å². The van der Waals surface area contributed by atoms with Crippen LogP contribution in [0.15, 0.2) is 39.9 Å². The zero-order valence-electron chi connectivity index (χ0n) is 9.71. The van der Waals surface area contributed by atoms with E-state index in [1.54, 1.807) is 24.3 Å². The molecule has 0 amide bonds. The third kappa shape index (κ3) is 2.27. The molecule has 0 aliphatic heterocycles. The summed E-state index contributed by atoms with van der Waals surface area (Å²) in [5, 5.41) is 9.61. The molecular weight excluding hydrogens is 236 g/mol. The number of aromatic nitrogens is 2. The average molecular weight is 248 g/mol. The summed E-state index contributed by atoms with van der Waals surface area (Å²) in [7, 11) is 0. The molecule has 0 saturated carbocycles. The Balaban J connectivity index is 2.49.